The first-order valence-corrected chi connectivity index (χ1v) is 6.01. The van der Waals surface area contributed by atoms with Crippen LogP contribution in [0.4, 0.5) is 0 Å². The number of rotatable bonds is 0. The number of aromatic nitrogens is 2. The van der Waals surface area contributed by atoms with Crippen molar-refractivity contribution in [3.05, 3.63) is 30.1 Å². The Morgan fingerprint density at radius 1 is 1.56 bits per heavy atom. The molecule has 16 heavy (non-hydrogen) atoms. The van der Waals surface area contributed by atoms with Crippen LogP contribution in [0.2, 0.25) is 0 Å². The monoisotopic (exact) mass is 239 g/mol. The molecular weight excluding hydrogens is 230 g/mol. The van der Waals surface area contributed by atoms with Gasteiger partial charge in [0.25, 0.3) is 10.1 Å². The van der Waals surface area contributed by atoms with E-state index in [1.54, 1.807) is 12.4 Å². The summed E-state index contributed by atoms with van der Waals surface area (Å²) < 4.78 is 25.9. The molecule has 0 aliphatic carbocycles. The van der Waals surface area contributed by atoms with Crippen molar-refractivity contribution in [2.24, 2.45) is 0 Å². The number of nitriles is 1. The number of hydrogen-bond donors (Lipinski definition) is 2. The zero-order chi connectivity index (χ0) is 12.2. The van der Waals surface area contributed by atoms with E-state index in [1.165, 1.54) is 0 Å². The predicted octanol–water partition coefficient (Wildman–Crippen LogP) is 0.939. The van der Waals surface area contributed by atoms with Crippen molar-refractivity contribution in [2.75, 3.05) is 6.26 Å². The van der Waals surface area contributed by atoms with Crippen LogP contribution in [-0.4, -0.2) is 29.2 Å². The molecule has 0 saturated carbocycles. The number of hydrogen-bond acceptors (Lipinski definition) is 4. The van der Waals surface area contributed by atoms with Gasteiger partial charge in [-0.1, -0.05) is 0 Å². The van der Waals surface area contributed by atoms with Crippen LogP contribution in [0.1, 0.15) is 5.56 Å². The van der Waals surface area contributed by atoms with Crippen molar-refractivity contribution in [1.82, 2.24) is 9.97 Å². The largest absolute Gasteiger partial charge is 0.345 e. The van der Waals surface area contributed by atoms with Crippen LogP contribution in [0.5, 0.6) is 0 Å². The number of nitrogens with one attached hydrogen (secondary N) is 1. The Labute approximate surface area is 92.3 Å². The Morgan fingerprint density at radius 2 is 2.19 bits per heavy atom. The number of pyridine rings is 1. The van der Waals surface area contributed by atoms with E-state index < -0.39 is 10.1 Å². The molecule has 0 fully saturated rings. The van der Waals surface area contributed by atoms with Crippen molar-refractivity contribution in [3.63, 3.8) is 0 Å². The summed E-state index contributed by atoms with van der Waals surface area (Å²) in [7, 11) is -3.67. The van der Waals surface area contributed by atoms with Crippen LogP contribution < -0.4 is 0 Å². The second-order valence-electron chi connectivity index (χ2n) is 2.95. The van der Waals surface area contributed by atoms with Gasteiger partial charge in [-0.3, -0.25) is 4.55 Å². The smallest absolute Gasteiger partial charge is 0.261 e. The second kappa shape index (κ2) is 4.74. The van der Waals surface area contributed by atoms with Crippen molar-refractivity contribution >= 4 is 21.2 Å². The summed E-state index contributed by atoms with van der Waals surface area (Å²) in [4.78, 5) is 6.95. The second-order valence-corrected chi connectivity index (χ2v) is 4.41. The molecule has 7 heteroatoms. The molecular formula is C9H9N3O3S. The summed E-state index contributed by atoms with van der Waals surface area (Å²) in [5, 5.41) is 9.51. The zero-order valence-corrected chi connectivity index (χ0v) is 9.19. The molecule has 2 aromatic heterocycles. The van der Waals surface area contributed by atoms with E-state index in [2.05, 4.69) is 16.0 Å². The Balaban J connectivity index is 0.000000221. The molecule has 84 valence electrons. The molecule has 0 atom stereocenters. The van der Waals surface area contributed by atoms with Gasteiger partial charge in [-0.05, 0) is 12.1 Å². The Kier molecular flexibility index (Phi) is 3.60. The first-order valence-electron chi connectivity index (χ1n) is 4.16. The van der Waals surface area contributed by atoms with Gasteiger partial charge in [0.2, 0.25) is 0 Å². The molecule has 0 aliphatic heterocycles. The van der Waals surface area contributed by atoms with E-state index in [0.29, 0.717) is 11.8 Å². The summed E-state index contributed by atoms with van der Waals surface area (Å²) in [5.74, 6) is 0. The fourth-order valence-corrected chi connectivity index (χ4v) is 1.05. The standard InChI is InChI=1S/C8H5N3.CH4O3S/c9-4-6-5-11-8-7(6)2-1-3-10-8;1-5(2,3)4/h1-3,5H,(H,10,11);1H3,(H,2,3,4). The third-order valence-corrected chi connectivity index (χ3v) is 1.57. The molecule has 6 nitrogen and oxygen atoms in total. The first kappa shape index (κ1) is 12.2. The zero-order valence-electron chi connectivity index (χ0n) is 8.38. The molecule has 2 heterocycles. The average molecular weight is 239 g/mol. The fraction of sp³-hybridized carbons (Fsp3) is 0.111. The van der Waals surface area contributed by atoms with Gasteiger partial charge in [0.05, 0.1) is 11.8 Å². The summed E-state index contributed by atoms with van der Waals surface area (Å²) in [6.45, 7) is 0. The van der Waals surface area contributed by atoms with Gasteiger partial charge < -0.3 is 4.98 Å². The number of fused-ring (bicyclic) bond motifs is 1. The van der Waals surface area contributed by atoms with Gasteiger partial charge in [-0.2, -0.15) is 13.7 Å². The molecule has 0 saturated heterocycles. The highest BCUT2D eigenvalue weighted by Crippen LogP contribution is 2.13. The molecule has 0 radical (unpaired) electrons. The first-order chi connectivity index (χ1) is 7.42. The molecule has 0 aliphatic rings. The minimum absolute atomic E-state index is 0.646. The van der Waals surface area contributed by atoms with E-state index in [1.807, 2.05) is 12.1 Å². The Hall–Kier alpha value is -1.91. The highest BCUT2D eigenvalue weighted by molar-refractivity contribution is 7.85. The topological polar surface area (TPSA) is 107 Å². The maximum atomic E-state index is 9.19. The van der Waals surface area contributed by atoms with E-state index in [-0.39, 0.29) is 0 Å². The number of H-pyrrole nitrogens is 1. The molecule has 2 N–H and O–H groups in total. The average Bonchev–Trinajstić information content (AvgIpc) is 2.58. The SMILES string of the molecule is CS(=O)(=O)O.N#Cc1c[nH]c2ncccc12. The number of aromatic amines is 1. The molecule has 0 spiro atoms. The molecule has 0 bridgehead atoms. The third-order valence-electron chi connectivity index (χ3n) is 1.57. The van der Waals surface area contributed by atoms with Gasteiger partial charge in [0.1, 0.15) is 11.7 Å². The Morgan fingerprint density at radius 3 is 2.75 bits per heavy atom. The fourth-order valence-electron chi connectivity index (χ4n) is 1.05. The lowest BCUT2D eigenvalue weighted by molar-refractivity contribution is 0.490. The Bertz CT molecular complexity index is 617. The molecule has 0 aromatic carbocycles. The third kappa shape index (κ3) is 3.68. The van der Waals surface area contributed by atoms with Crippen LogP contribution in [-0.2, 0) is 10.1 Å². The minimum atomic E-state index is -3.67. The predicted molar refractivity (Wildman–Crippen MR) is 58.3 cm³/mol. The molecule has 2 rings (SSSR count). The van der Waals surface area contributed by atoms with Crippen molar-refractivity contribution in [2.45, 2.75) is 0 Å². The van der Waals surface area contributed by atoms with Gasteiger partial charge in [-0.15, -0.1) is 0 Å². The van der Waals surface area contributed by atoms with Crippen molar-refractivity contribution < 1.29 is 13.0 Å². The lowest BCUT2D eigenvalue weighted by Gasteiger charge is -1.84. The summed E-state index contributed by atoms with van der Waals surface area (Å²) in [6.07, 6.45) is 4.07. The summed E-state index contributed by atoms with van der Waals surface area (Å²) in [5.41, 5.74) is 1.41. The van der Waals surface area contributed by atoms with Gasteiger partial charge >= 0.3 is 0 Å². The lowest BCUT2D eigenvalue weighted by Crippen LogP contribution is -1.88. The van der Waals surface area contributed by atoms with E-state index in [4.69, 9.17) is 9.81 Å². The van der Waals surface area contributed by atoms with Crippen LogP contribution in [0, 0.1) is 11.3 Å². The summed E-state index contributed by atoms with van der Waals surface area (Å²) >= 11 is 0. The van der Waals surface area contributed by atoms with Crippen LogP contribution >= 0.6 is 0 Å². The molecule has 0 amide bonds. The van der Waals surface area contributed by atoms with Crippen molar-refractivity contribution in [1.29, 1.82) is 5.26 Å². The van der Waals surface area contributed by atoms with Gasteiger partial charge in [0, 0.05) is 17.8 Å². The maximum absolute atomic E-state index is 9.19. The van der Waals surface area contributed by atoms with E-state index in [9.17, 15) is 8.42 Å². The van der Waals surface area contributed by atoms with Crippen LogP contribution in [0.15, 0.2) is 24.5 Å². The molecule has 0 unspecified atom stereocenters. The molecule has 2 aromatic rings. The lowest BCUT2D eigenvalue weighted by atomic mass is 10.2. The normalized spacial score (nSPS) is 10.3. The maximum Gasteiger partial charge on any atom is 0.261 e. The van der Waals surface area contributed by atoms with E-state index >= 15 is 0 Å². The van der Waals surface area contributed by atoms with Gasteiger partial charge in [0.15, 0.2) is 0 Å². The van der Waals surface area contributed by atoms with Crippen LogP contribution in [0.25, 0.3) is 11.0 Å². The van der Waals surface area contributed by atoms with Gasteiger partial charge in [-0.25, -0.2) is 4.98 Å². The summed E-state index contributed by atoms with van der Waals surface area (Å²) in [6, 6.07) is 5.77. The quantitative estimate of drug-likeness (QED) is 0.665. The highest BCUT2D eigenvalue weighted by Gasteiger charge is 2.00. The number of nitrogens with zero attached hydrogens (tertiary/aromatic N) is 2. The highest BCUT2D eigenvalue weighted by atomic mass is 32.2. The van der Waals surface area contributed by atoms with Crippen LogP contribution in [0.3, 0.4) is 0 Å². The minimum Gasteiger partial charge on any atom is -0.345 e. The van der Waals surface area contributed by atoms with Crippen molar-refractivity contribution in [3.8, 4) is 6.07 Å². The van der Waals surface area contributed by atoms with E-state index in [0.717, 1.165) is 11.0 Å².